The van der Waals surface area contributed by atoms with Crippen molar-refractivity contribution in [3.63, 3.8) is 0 Å². The molecule has 1 saturated heterocycles. The quantitative estimate of drug-likeness (QED) is 0.770. The fourth-order valence-electron chi connectivity index (χ4n) is 4.26. The van der Waals surface area contributed by atoms with Crippen molar-refractivity contribution in [3.8, 4) is 0 Å². The lowest BCUT2D eigenvalue weighted by molar-refractivity contribution is 0.0937. The standard InChI is InChI=1S/C23H29N3O3S/c27-23(24-21-10-4-5-11-21)20-9-6-12-22(17-20)30(28,29)26-15-13-25(14-16-26)18-19-7-2-1-3-8-19/h1-3,6-9,12,17,21H,4-5,10-11,13-16,18H2,(H,24,27). The molecular formula is C23H29N3O3S. The molecule has 1 saturated carbocycles. The first-order chi connectivity index (χ1) is 14.5. The molecule has 6 nitrogen and oxygen atoms in total. The predicted octanol–water partition coefficient (Wildman–Crippen LogP) is 2.87. The molecule has 160 valence electrons. The number of carbonyl (C=O) groups excluding carboxylic acids is 1. The summed E-state index contributed by atoms with van der Waals surface area (Å²) in [5.74, 6) is -0.188. The van der Waals surface area contributed by atoms with Crippen molar-refractivity contribution in [1.29, 1.82) is 0 Å². The molecule has 0 atom stereocenters. The Bertz CT molecular complexity index is 964. The summed E-state index contributed by atoms with van der Waals surface area (Å²) in [4.78, 5) is 15.0. The molecule has 7 heteroatoms. The fraction of sp³-hybridized carbons (Fsp3) is 0.435. The molecule has 0 radical (unpaired) electrons. The van der Waals surface area contributed by atoms with E-state index in [-0.39, 0.29) is 16.8 Å². The lowest BCUT2D eigenvalue weighted by Crippen LogP contribution is -2.48. The molecule has 0 aromatic heterocycles. The number of hydrogen-bond acceptors (Lipinski definition) is 4. The van der Waals surface area contributed by atoms with Gasteiger partial charge in [-0.3, -0.25) is 9.69 Å². The van der Waals surface area contributed by atoms with Crippen LogP contribution in [0.5, 0.6) is 0 Å². The molecule has 2 aliphatic rings. The van der Waals surface area contributed by atoms with Gasteiger partial charge >= 0.3 is 0 Å². The maximum absolute atomic E-state index is 13.1. The minimum atomic E-state index is -3.61. The molecule has 0 bridgehead atoms. The maximum atomic E-state index is 13.1. The van der Waals surface area contributed by atoms with Gasteiger partial charge in [0, 0.05) is 44.3 Å². The molecule has 1 heterocycles. The van der Waals surface area contributed by atoms with E-state index in [2.05, 4.69) is 22.3 Å². The smallest absolute Gasteiger partial charge is 0.251 e. The summed E-state index contributed by atoms with van der Waals surface area (Å²) < 4.78 is 27.8. The molecule has 1 aliphatic heterocycles. The van der Waals surface area contributed by atoms with E-state index in [1.807, 2.05) is 18.2 Å². The number of hydrogen-bond donors (Lipinski definition) is 1. The van der Waals surface area contributed by atoms with E-state index >= 15 is 0 Å². The Hall–Kier alpha value is -2.22. The number of sulfonamides is 1. The highest BCUT2D eigenvalue weighted by atomic mass is 32.2. The van der Waals surface area contributed by atoms with Crippen molar-refractivity contribution in [1.82, 2.24) is 14.5 Å². The second kappa shape index (κ2) is 9.29. The van der Waals surface area contributed by atoms with E-state index in [4.69, 9.17) is 0 Å². The number of rotatable bonds is 6. The van der Waals surface area contributed by atoms with Crippen LogP contribution in [0.4, 0.5) is 0 Å². The average Bonchev–Trinajstić information content (AvgIpc) is 3.28. The van der Waals surface area contributed by atoms with Gasteiger partial charge in [-0.15, -0.1) is 0 Å². The number of carbonyl (C=O) groups is 1. The Morgan fingerprint density at radius 3 is 2.33 bits per heavy atom. The number of benzene rings is 2. The Balaban J connectivity index is 1.39. The highest BCUT2D eigenvalue weighted by Gasteiger charge is 2.29. The van der Waals surface area contributed by atoms with Crippen LogP contribution in [-0.2, 0) is 16.6 Å². The van der Waals surface area contributed by atoms with E-state index in [9.17, 15) is 13.2 Å². The third-order valence-corrected chi connectivity index (χ3v) is 7.90. The Morgan fingerprint density at radius 1 is 0.933 bits per heavy atom. The summed E-state index contributed by atoms with van der Waals surface area (Å²) in [6.45, 7) is 3.11. The Labute approximate surface area is 178 Å². The van der Waals surface area contributed by atoms with Crippen molar-refractivity contribution < 1.29 is 13.2 Å². The molecule has 1 amide bonds. The van der Waals surface area contributed by atoms with Gasteiger partial charge in [0.1, 0.15) is 0 Å². The SMILES string of the molecule is O=C(NC1CCCC1)c1cccc(S(=O)(=O)N2CCN(Cc3ccccc3)CC2)c1. The summed E-state index contributed by atoms with van der Waals surface area (Å²) in [5, 5.41) is 3.03. The molecule has 1 N–H and O–H groups in total. The number of amides is 1. The van der Waals surface area contributed by atoms with Crippen LogP contribution in [0.25, 0.3) is 0 Å². The third kappa shape index (κ3) is 4.91. The first kappa shape index (κ1) is 21.0. The van der Waals surface area contributed by atoms with E-state index in [0.29, 0.717) is 31.7 Å². The summed E-state index contributed by atoms with van der Waals surface area (Å²) in [6, 6.07) is 16.8. The van der Waals surface area contributed by atoms with E-state index in [1.54, 1.807) is 18.2 Å². The normalized spacial score (nSPS) is 19.1. The Kier molecular flexibility index (Phi) is 6.51. The first-order valence-corrected chi connectivity index (χ1v) is 12.1. The van der Waals surface area contributed by atoms with Gasteiger partial charge in [0.05, 0.1) is 4.90 Å². The van der Waals surface area contributed by atoms with Crippen LogP contribution in [0, 0.1) is 0 Å². The molecule has 1 aliphatic carbocycles. The van der Waals surface area contributed by atoms with Crippen molar-refractivity contribution in [2.24, 2.45) is 0 Å². The molecule has 2 fully saturated rings. The van der Waals surface area contributed by atoms with Crippen LogP contribution in [0.15, 0.2) is 59.5 Å². The third-order valence-electron chi connectivity index (χ3n) is 6.00. The average molecular weight is 428 g/mol. The first-order valence-electron chi connectivity index (χ1n) is 10.7. The highest BCUT2D eigenvalue weighted by molar-refractivity contribution is 7.89. The van der Waals surface area contributed by atoms with Crippen molar-refractivity contribution in [3.05, 3.63) is 65.7 Å². The number of nitrogens with zero attached hydrogens (tertiary/aromatic N) is 2. The van der Waals surface area contributed by atoms with Gasteiger partial charge in [-0.1, -0.05) is 49.2 Å². The van der Waals surface area contributed by atoms with Gasteiger partial charge in [-0.05, 0) is 36.6 Å². The number of piperazine rings is 1. The maximum Gasteiger partial charge on any atom is 0.251 e. The lowest BCUT2D eigenvalue weighted by Gasteiger charge is -2.34. The Morgan fingerprint density at radius 2 is 1.63 bits per heavy atom. The van der Waals surface area contributed by atoms with Crippen LogP contribution < -0.4 is 5.32 Å². The zero-order valence-electron chi connectivity index (χ0n) is 17.2. The van der Waals surface area contributed by atoms with Crippen LogP contribution in [0.3, 0.4) is 0 Å². The number of nitrogens with one attached hydrogen (secondary N) is 1. The molecule has 30 heavy (non-hydrogen) atoms. The zero-order valence-corrected chi connectivity index (χ0v) is 18.0. The van der Waals surface area contributed by atoms with Crippen molar-refractivity contribution in [2.45, 2.75) is 43.2 Å². The van der Waals surface area contributed by atoms with Crippen LogP contribution in [0.2, 0.25) is 0 Å². The van der Waals surface area contributed by atoms with E-state index < -0.39 is 10.0 Å². The van der Waals surface area contributed by atoms with Crippen molar-refractivity contribution in [2.75, 3.05) is 26.2 Å². The summed E-state index contributed by atoms with van der Waals surface area (Å²) in [7, 11) is -3.61. The predicted molar refractivity (Wildman–Crippen MR) is 117 cm³/mol. The minimum absolute atomic E-state index is 0.188. The molecular weight excluding hydrogens is 398 g/mol. The second-order valence-corrected chi connectivity index (χ2v) is 10.1. The second-order valence-electron chi connectivity index (χ2n) is 8.15. The molecule has 2 aromatic rings. The van der Waals surface area contributed by atoms with Crippen molar-refractivity contribution >= 4 is 15.9 Å². The summed E-state index contributed by atoms with van der Waals surface area (Å²) in [6.07, 6.45) is 4.26. The summed E-state index contributed by atoms with van der Waals surface area (Å²) in [5.41, 5.74) is 1.64. The molecule has 0 unspecified atom stereocenters. The topological polar surface area (TPSA) is 69.7 Å². The van der Waals surface area contributed by atoms with Crippen LogP contribution in [0.1, 0.15) is 41.6 Å². The van der Waals surface area contributed by atoms with Crippen LogP contribution in [-0.4, -0.2) is 55.8 Å². The molecule has 2 aromatic carbocycles. The van der Waals surface area contributed by atoms with Gasteiger partial charge in [0.15, 0.2) is 0 Å². The highest BCUT2D eigenvalue weighted by Crippen LogP contribution is 2.21. The van der Waals surface area contributed by atoms with Gasteiger partial charge < -0.3 is 5.32 Å². The molecule has 0 spiro atoms. The van der Waals surface area contributed by atoms with Gasteiger partial charge in [0.2, 0.25) is 10.0 Å². The van der Waals surface area contributed by atoms with Gasteiger partial charge in [0.25, 0.3) is 5.91 Å². The van der Waals surface area contributed by atoms with Gasteiger partial charge in [-0.2, -0.15) is 4.31 Å². The fourth-order valence-corrected chi connectivity index (χ4v) is 5.72. The van der Waals surface area contributed by atoms with Crippen LogP contribution >= 0.6 is 0 Å². The minimum Gasteiger partial charge on any atom is -0.349 e. The van der Waals surface area contributed by atoms with E-state index in [0.717, 1.165) is 32.2 Å². The van der Waals surface area contributed by atoms with E-state index in [1.165, 1.54) is 15.9 Å². The lowest BCUT2D eigenvalue weighted by atomic mass is 10.2. The van der Waals surface area contributed by atoms with Gasteiger partial charge in [-0.25, -0.2) is 8.42 Å². The zero-order chi connectivity index (χ0) is 21.0. The largest absolute Gasteiger partial charge is 0.349 e. The molecule has 4 rings (SSSR count). The monoisotopic (exact) mass is 427 g/mol. The summed E-state index contributed by atoms with van der Waals surface area (Å²) >= 11 is 0.